The summed E-state index contributed by atoms with van der Waals surface area (Å²) >= 11 is 12.0. The average Bonchev–Trinajstić information content (AvgIpc) is 2.23. The largest absolute Gasteiger partial charge is 0.390 e. The van der Waals surface area contributed by atoms with Crippen LogP contribution < -0.4 is 0 Å². The fourth-order valence-electron chi connectivity index (χ4n) is 1.38. The summed E-state index contributed by atoms with van der Waals surface area (Å²) in [6.45, 7) is 3.42. The molecule has 0 amide bonds. The van der Waals surface area contributed by atoms with Crippen molar-refractivity contribution >= 4 is 23.2 Å². The predicted octanol–water partition coefficient (Wildman–Crippen LogP) is 3.06. The summed E-state index contributed by atoms with van der Waals surface area (Å²) in [6.07, 6.45) is -0.162. The van der Waals surface area contributed by atoms with E-state index in [1.165, 1.54) is 0 Å². The molecule has 0 spiro atoms. The molecule has 0 bridgehead atoms. The predicted molar refractivity (Wildman–Crippen MR) is 67.1 cm³/mol. The van der Waals surface area contributed by atoms with Crippen molar-refractivity contribution in [3.8, 4) is 0 Å². The van der Waals surface area contributed by atoms with Crippen molar-refractivity contribution in [3.63, 3.8) is 0 Å². The molecule has 1 rings (SSSR count). The maximum Gasteiger partial charge on any atom is 0.0878 e. The van der Waals surface area contributed by atoms with E-state index in [-0.39, 0.29) is 6.42 Å². The molecule has 0 aliphatic rings. The van der Waals surface area contributed by atoms with E-state index in [1.54, 1.807) is 25.1 Å². The van der Waals surface area contributed by atoms with Crippen LogP contribution in [0.5, 0.6) is 0 Å². The molecule has 0 heterocycles. The minimum atomic E-state index is -1.12. The van der Waals surface area contributed by atoms with Crippen LogP contribution in [0.3, 0.4) is 0 Å². The molecule has 2 N–H and O–H groups in total. The van der Waals surface area contributed by atoms with Crippen molar-refractivity contribution in [1.29, 1.82) is 0 Å². The standard InChI is InChI=1S/C12H16Cl2O2/c1-3-12(2,16)11(15)7-8-9(13)5-4-6-10(8)14/h4-6,11,15-16H,3,7H2,1-2H3. The number of halogens is 2. The minimum absolute atomic E-state index is 0.249. The van der Waals surface area contributed by atoms with Crippen LogP contribution in [0.15, 0.2) is 18.2 Å². The summed E-state index contributed by atoms with van der Waals surface area (Å²) in [6, 6.07) is 5.19. The van der Waals surface area contributed by atoms with Gasteiger partial charge in [-0.05, 0) is 31.0 Å². The first-order chi connectivity index (χ1) is 7.38. The van der Waals surface area contributed by atoms with Crippen LogP contribution in [0.2, 0.25) is 10.0 Å². The van der Waals surface area contributed by atoms with Crippen LogP contribution in [-0.2, 0) is 6.42 Å². The first-order valence-corrected chi connectivity index (χ1v) is 5.97. The second-order valence-corrected chi connectivity index (χ2v) is 4.95. The highest BCUT2D eigenvalue weighted by Gasteiger charge is 2.29. The number of aliphatic hydroxyl groups excluding tert-OH is 1. The Morgan fingerprint density at radius 3 is 2.25 bits per heavy atom. The Hall–Kier alpha value is -0.280. The van der Waals surface area contributed by atoms with E-state index in [0.29, 0.717) is 22.0 Å². The molecule has 0 saturated carbocycles. The van der Waals surface area contributed by atoms with Gasteiger partial charge in [0.05, 0.1) is 11.7 Å². The van der Waals surface area contributed by atoms with Gasteiger partial charge in [-0.3, -0.25) is 0 Å². The topological polar surface area (TPSA) is 40.5 Å². The van der Waals surface area contributed by atoms with Gasteiger partial charge in [-0.25, -0.2) is 0 Å². The monoisotopic (exact) mass is 262 g/mol. The lowest BCUT2D eigenvalue weighted by atomic mass is 9.91. The van der Waals surface area contributed by atoms with Gasteiger partial charge in [-0.1, -0.05) is 36.2 Å². The smallest absolute Gasteiger partial charge is 0.0878 e. The summed E-state index contributed by atoms with van der Waals surface area (Å²) in [4.78, 5) is 0. The van der Waals surface area contributed by atoms with Crippen molar-refractivity contribution in [3.05, 3.63) is 33.8 Å². The van der Waals surface area contributed by atoms with Gasteiger partial charge in [0.1, 0.15) is 0 Å². The Kier molecular flexibility index (Phi) is 4.62. The van der Waals surface area contributed by atoms with Crippen molar-refractivity contribution in [2.24, 2.45) is 0 Å². The Balaban J connectivity index is 2.89. The first kappa shape index (κ1) is 13.8. The van der Waals surface area contributed by atoms with Gasteiger partial charge in [0.25, 0.3) is 0 Å². The van der Waals surface area contributed by atoms with Crippen molar-refractivity contribution in [2.75, 3.05) is 0 Å². The molecule has 0 aliphatic carbocycles. The zero-order chi connectivity index (χ0) is 12.3. The molecule has 1 aromatic carbocycles. The normalized spacial score (nSPS) is 16.9. The third-order valence-electron chi connectivity index (χ3n) is 2.89. The highest BCUT2D eigenvalue weighted by atomic mass is 35.5. The number of hydrogen-bond donors (Lipinski definition) is 2. The van der Waals surface area contributed by atoms with Gasteiger partial charge < -0.3 is 10.2 Å². The third-order valence-corrected chi connectivity index (χ3v) is 3.60. The summed E-state index contributed by atoms with van der Waals surface area (Å²) < 4.78 is 0. The summed E-state index contributed by atoms with van der Waals surface area (Å²) in [5.41, 5.74) is -0.449. The maximum atomic E-state index is 9.91. The second kappa shape index (κ2) is 5.37. The van der Waals surface area contributed by atoms with Crippen LogP contribution in [0.25, 0.3) is 0 Å². The quantitative estimate of drug-likeness (QED) is 0.876. The molecule has 0 fully saturated rings. The van der Waals surface area contributed by atoms with Gasteiger partial charge in [-0.2, -0.15) is 0 Å². The molecule has 2 unspecified atom stereocenters. The summed E-state index contributed by atoms with van der Waals surface area (Å²) in [5, 5.41) is 20.8. The fourth-order valence-corrected chi connectivity index (χ4v) is 1.93. The van der Waals surface area contributed by atoms with Crippen LogP contribution in [-0.4, -0.2) is 21.9 Å². The lowest BCUT2D eigenvalue weighted by molar-refractivity contribution is -0.0629. The molecule has 0 aliphatic heterocycles. The molecular weight excluding hydrogens is 247 g/mol. The maximum absolute atomic E-state index is 9.91. The molecular formula is C12H16Cl2O2. The second-order valence-electron chi connectivity index (χ2n) is 4.13. The zero-order valence-corrected chi connectivity index (χ0v) is 10.9. The highest BCUT2D eigenvalue weighted by Crippen LogP contribution is 2.28. The number of rotatable bonds is 4. The molecule has 0 aromatic heterocycles. The Morgan fingerprint density at radius 1 is 1.31 bits per heavy atom. The van der Waals surface area contributed by atoms with Crippen LogP contribution >= 0.6 is 23.2 Å². The lowest BCUT2D eigenvalue weighted by Crippen LogP contribution is -2.40. The number of benzene rings is 1. The van der Waals surface area contributed by atoms with Gasteiger partial charge in [0.15, 0.2) is 0 Å². The Labute approximate surface area is 106 Å². The van der Waals surface area contributed by atoms with Crippen molar-refractivity contribution in [2.45, 2.75) is 38.4 Å². The van der Waals surface area contributed by atoms with Gasteiger partial charge in [0, 0.05) is 16.5 Å². The number of hydrogen-bond acceptors (Lipinski definition) is 2. The van der Waals surface area contributed by atoms with E-state index in [0.717, 1.165) is 0 Å². The van der Waals surface area contributed by atoms with Crippen molar-refractivity contribution in [1.82, 2.24) is 0 Å². The molecule has 0 radical (unpaired) electrons. The SMILES string of the molecule is CCC(C)(O)C(O)Cc1c(Cl)cccc1Cl. The molecule has 4 heteroatoms. The Morgan fingerprint density at radius 2 is 1.81 bits per heavy atom. The van der Waals surface area contributed by atoms with E-state index in [9.17, 15) is 10.2 Å². The van der Waals surface area contributed by atoms with Gasteiger partial charge >= 0.3 is 0 Å². The minimum Gasteiger partial charge on any atom is -0.390 e. The van der Waals surface area contributed by atoms with Crippen LogP contribution in [0, 0.1) is 0 Å². The molecule has 2 nitrogen and oxygen atoms in total. The van der Waals surface area contributed by atoms with Crippen molar-refractivity contribution < 1.29 is 10.2 Å². The summed E-state index contributed by atoms with van der Waals surface area (Å²) in [5.74, 6) is 0. The highest BCUT2D eigenvalue weighted by molar-refractivity contribution is 6.35. The van der Waals surface area contributed by atoms with E-state index in [1.807, 2.05) is 6.92 Å². The molecule has 1 aromatic rings. The van der Waals surface area contributed by atoms with Crippen LogP contribution in [0.4, 0.5) is 0 Å². The molecule has 2 atom stereocenters. The molecule has 16 heavy (non-hydrogen) atoms. The number of aliphatic hydroxyl groups is 2. The van der Waals surface area contributed by atoms with Crippen LogP contribution in [0.1, 0.15) is 25.8 Å². The molecule has 0 saturated heterocycles. The lowest BCUT2D eigenvalue weighted by Gasteiger charge is -2.28. The van der Waals surface area contributed by atoms with E-state index >= 15 is 0 Å². The van der Waals surface area contributed by atoms with E-state index < -0.39 is 11.7 Å². The van der Waals surface area contributed by atoms with E-state index in [4.69, 9.17) is 23.2 Å². The third kappa shape index (κ3) is 3.11. The average molecular weight is 263 g/mol. The molecule has 90 valence electrons. The Bertz CT molecular complexity index is 344. The first-order valence-electron chi connectivity index (χ1n) is 5.21. The zero-order valence-electron chi connectivity index (χ0n) is 9.37. The summed E-state index contributed by atoms with van der Waals surface area (Å²) in [7, 11) is 0. The fraction of sp³-hybridized carbons (Fsp3) is 0.500. The van der Waals surface area contributed by atoms with Gasteiger partial charge in [0.2, 0.25) is 0 Å². The van der Waals surface area contributed by atoms with E-state index in [2.05, 4.69) is 0 Å². The van der Waals surface area contributed by atoms with Gasteiger partial charge in [-0.15, -0.1) is 0 Å².